The van der Waals surface area contributed by atoms with E-state index in [2.05, 4.69) is 20.8 Å². The number of hydrogen-bond acceptors (Lipinski definition) is 5. The van der Waals surface area contributed by atoms with Crippen LogP contribution < -0.4 is 0 Å². The Balaban J connectivity index is 1.50. The number of rotatable bonds is 6. The molecule has 0 radical (unpaired) electrons. The van der Waals surface area contributed by atoms with Crippen LogP contribution in [0.2, 0.25) is 0 Å². The van der Waals surface area contributed by atoms with Gasteiger partial charge in [-0.1, -0.05) is 27.2 Å². The van der Waals surface area contributed by atoms with Crippen LogP contribution in [0.1, 0.15) is 91.9 Å². The van der Waals surface area contributed by atoms with Crippen molar-refractivity contribution in [2.75, 3.05) is 0 Å². The maximum absolute atomic E-state index is 11.6. The van der Waals surface area contributed by atoms with Crippen molar-refractivity contribution in [2.45, 2.75) is 116 Å². The second-order valence-electron chi connectivity index (χ2n) is 13.0. The highest BCUT2D eigenvalue weighted by atomic mass is 16.4. The van der Waals surface area contributed by atoms with E-state index in [0.717, 1.165) is 51.4 Å². The number of fused-ring (bicyclic) bond motifs is 5. The molecule has 6 nitrogen and oxygen atoms in total. The van der Waals surface area contributed by atoms with Crippen molar-refractivity contribution in [1.29, 1.82) is 0 Å². The van der Waals surface area contributed by atoms with Crippen molar-refractivity contribution in [2.24, 2.45) is 46.3 Å². The van der Waals surface area contributed by atoms with Crippen LogP contribution in [0.3, 0.4) is 0 Å². The predicted octanol–water partition coefficient (Wildman–Crippen LogP) is 3.59. The van der Waals surface area contributed by atoms with Crippen molar-refractivity contribution in [3.05, 3.63) is 0 Å². The first kappa shape index (κ1) is 25.4. The lowest BCUT2D eigenvalue weighted by molar-refractivity contribution is -0.207. The summed E-state index contributed by atoms with van der Waals surface area (Å²) in [7, 11) is 0. The van der Waals surface area contributed by atoms with Crippen molar-refractivity contribution < 1.29 is 30.3 Å². The summed E-state index contributed by atoms with van der Waals surface area (Å²) in [6.45, 7) is 8.17. The van der Waals surface area contributed by atoms with Gasteiger partial charge in [-0.15, -0.1) is 0 Å². The van der Waals surface area contributed by atoms with Gasteiger partial charge in [-0.3, -0.25) is 0 Å². The lowest BCUT2D eigenvalue weighted by atomic mass is 9.43. The van der Waals surface area contributed by atoms with E-state index in [9.17, 15) is 30.3 Å². The summed E-state index contributed by atoms with van der Waals surface area (Å²) in [5.74, 6) is 0.605. The SMILES string of the molecule is C[C@H](CCCC(C)(O)C(=O)O)[C@H]1CC[C@H]2[C@@H]3[C@H](O)C[C@@H]4C[C@H](O)CC[C@]4(C)[C@H]3C[C@H](O)[C@]12C. The van der Waals surface area contributed by atoms with Gasteiger partial charge in [0, 0.05) is 0 Å². The first-order chi connectivity index (χ1) is 15.3. The van der Waals surface area contributed by atoms with Crippen LogP contribution >= 0.6 is 0 Å². The molecule has 6 heteroatoms. The molecule has 0 spiro atoms. The molecule has 4 rings (SSSR count). The van der Waals surface area contributed by atoms with Gasteiger partial charge in [-0.05, 0) is 111 Å². The van der Waals surface area contributed by atoms with Crippen LogP contribution in [0, 0.1) is 46.3 Å². The molecule has 33 heavy (non-hydrogen) atoms. The molecule has 4 saturated carbocycles. The lowest BCUT2D eigenvalue weighted by Gasteiger charge is -2.63. The quantitative estimate of drug-likeness (QED) is 0.408. The number of hydrogen-bond donors (Lipinski definition) is 5. The molecule has 0 amide bonds. The molecular formula is C27H46O6. The monoisotopic (exact) mass is 466 g/mol. The van der Waals surface area contributed by atoms with Gasteiger partial charge >= 0.3 is 5.97 Å². The van der Waals surface area contributed by atoms with Crippen molar-refractivity contribution >= 4 is 5.97 Å². The highest BCUT2D eigenvalue weighted by molar-refractivity contribution is 5.76. The molecule has 0 saturated heterocycles. The Bertz CT molecular complexity index is 738. The Morgan fingerprint density at radius 1 is 1.06 bits per heavy atom. The Hall–Kier alpha value is -0.690. The van der Waals surface area contributed by atoms with Crippen LogP contribution in [0.15, 0.2) is 0 Å². The average Bonchev–Trinajstić information content (AvgIpc) is 3.08. The van der Waals surface area contributed by atoms with E-state index < -0.39 is 17.7 Å². The van der Waals surface area contributed by atoms with Crippen LogP contribution in [0.25, 0.3) is 0 Å². The maximum atomic E-state index is 11.6. The Labute approximate surface area is 198 Å². The van der Waals surface area contributed by atoms with E-state index >= 15 is 0 Å². The van der Waals surface area contributed by atoms with Gasteiger partial charge in [-0.25, -0.2) is 4.79 Å². The molecule has 0 heterocycles. The second kappa shape index (κ2) is 8.76. The summed E-state index contributed by atoms with van der Waals surface area (Å²) in [6, 6.07) is 0. The zero-order chi connectivity index (χ0) is 24.3. The Morgan fingerprint density at radius 2 is 1.76 bits per heavy atom. The Kier molecular flexibility index (Phi) is 6.74. The fourth-order valence-corrected chi connectivity index (χ4v) is 9.21. The molecule has 4 aliphatic carbocycles. The van der Waals surface area contributed by atoms with Crippen molar-refractivity contribution in [1.82, 2.24) is 0 Å². The van der Waals surface area contributed by atoms with Gasteiger partial charge in [0.15, 0.2) is 5.60 Å². The minimum Gasteiger partial charge on any atom is -0.479 e. The zero-order valence-electron chi connectivity index (χ0n) is 20.9. The van der Waals surface area contributed by atoms with Crippen LogP contribution in [-0.2, 0) is 4.79 Å². The van der Waals surface area contributed by atoms with Gasteiger partial charge in [0.05, 0.1) is 18.3 Å². The third kappa shape index (κ3) is 4.07. The predicted molar refractivity (Wildman–Crippen MR) is 125 cm³/mol. The summed E-state index contributed by atoms with van der Waals surface area (Å²) >= 11 is 0. The van der Waals surface area contributed by atoms with E-state index in [0.29, 0.717) is 36.0 Å². The van der Waals surface area contributed by atoms with E-state index in [1.165, 1.54) is 6.92 Å². The van der Waals surface area contributed by atoms with Gasteiger partial charge in [0.2, 0.25) is 0 Å². The molecule has 12 atom stereocenters. The van der Waals surface area contributed by atoms with E-state index in [-0.39, 0.29) is 35.4 Å². The zero-order valence-corrected chi connectivity index (χ0v) is 20.9. The molecule has 5 N–H and O–H groups in total. The summed E-state index contributed by atoms with van der Waals surface area (Å²) in [5, 5.41) is 52.5. The maximum Gasteiger partial charge on any atom is 0.335 e. The van der Waals surface area contributed by atoms with Crippen LogP contribution in [0.4, 0.5) is 0 Å². The highest BCUT2D eigenvalue weighted by Crippen LogP contribution is 2.68. The lowest BCUT2D eigenvalue weighted by Crippen LogP contribution is -2.62. The minimum absolute atomic E-state index is 0.0809. The molecule has 190 valence electrons. The minimum atomic E-state index is -1.69. The molecule has 1 unspecified atom stereocenters. The topological polar surface area (TPSA) is 118 Å². The average molecular weight is 467 g/mol. The molecule has 4 fully saturated rings. The standard InChI is InChI=1S/C27H46O6/c1-15(6-5-10-26(3,33)24(31)32)18-7-8-19-23-20(14-22(30)27(18,19)4)25(2)11-9-17(28)12-16(25)13-21(23)29/h15-23,28-30,33H,5-14H2,1-4H3,(H,31,32)/t15-,16+,17-,18-,19+,20+,21-,22+,23+,25+,26?,27-/m1/s1. The van der Waals surface area contributed by atoms with Gasteiger partial charge in [0.1, 0.15) is 0 Å². The van der Waals surface area contributed by atoms with E-state index in [4.69, 9.17) is 0 Å². The first-order valence-electron chi connectivity index (χ1n) is 13.3. The van der Waals surface area contributed by atoms with E-state index in [1.807, 2.05) is 0 Å². The third-order valence-electron chi connectivity index (χ3n) is 11.3. The smallest absolute Gasteiger partial charge is 0.335 e. The summed E-state index contributed by atoms with van der Waals surface area (Å²) < 4.78 is 0. The normalized spacial score (nSPS) is 49.9. The molecule has 0 aliphatic heterocycles. The summed E-state index contributed by atoms with van der Waals surface area (Å²) in [6.07, 6.45) is 6.80. The number of aliphatic hydroxyl groups is 4. The van der Waals surface area contributed by atoms with Crippen molar-refractivity contribution in [3.63, 3.8) is 0 Å². The number of aliphatic hydroxyl groups excluding tert-OH is 3. The van der Waals surface area contributed by atoms with Gasteiger partial charge in [0.25, 0.3) is 0 Å². The second-order valence-corrected chi connectivity index (χ2v) is 13.0. The fraction of sp³-hybridized carbons (Fsp3) is 0.963. The van der Waals surface area contributed by atoms with Gasteiger partial charge < -0.3 is 25.5 Å². The van der Waals surface area contributed by atoms with Crippen molar-refractivity contribution in [3.8, 4) is 0 Å². The summed E-state index contributed by atoms with van der Waals surface area (Å²) in [5.41, 5.74) is -1.85. The number of aliphatic carboxylic acids is 1. The largest absolute Gasteiger partial charge is 0.479 e. The number of carboxylic acids is 1. The van der Waals surface area contributed by atoms with Crippen LogP contribution in [0.5, 0.6) is 0 Å². The van der Waals surface area contributed by atoms with Crippen LogP contribution in [-0.4, -0.2) is 55.4 Å². The molecular weight excluding hydrogens is 420 g/mol. The Morgan fingerprint density at radius 3 is 2.42 bits per heavy atom. The number of carbonyl (C=O) groups is 1. The van der Waals surface area contributed by atoms with Gasteiger partial charge in [-0.2, -0.15) is 0 Å². The van der Waals surface area contributed by atoms with E-state index in [1.54, 1.807) is 0 Å². The first-order valence-corrected chi connectivity index (χ1v) is 13.3. The molecule has 4 aliphatic rings. The third-order valence-corrected chi connectivity index (χ3v) is 11.3. The summed E-state index contributed by atoms with van der Waals surface area (Å²) in [4.78, 5) is 11.2. The fourth-order valence-electron chi connectivity index (χ4n) is 9.21. The molecule has 0 aromatic heterocycles. The number of carboxylic acid groups (broad SMARTS) is 1. The molecule has 0 aromatic rings. The highest BCUT2D eigenvalue weighted by Gasteiger charge is 2.65. The molecule has 0 aromatic carbocycles. The molecule has 0 bridgehead atoms.